The van der Waals surface area contributed by atoms with E-state index in [1.54, 1.807) is 12.3 Å². The molecule has 2 N–H and O–H groups in total. The van der Waals surface area contributed by atoms with Gasteiger partial charge in [-0.25, -0.2) is 9.78 Å². The normalized spacial score (nSPS) is 26.9. The maximum absolute atomic E-state index is 12.2. The van der Waals surface area contributed by atoms with E-state index in [-0.39, 0.29) is 23.3 Å². The minimum Gasteiger partial charge on any atom is -0.478 e. The zero-order valence-corrected chi connectivity index (χ0v) is 14.0. The lowest BCUT2D eigenvalue weighted by molar-refractivity contribution is -0.119. The Morgan fingerprint density at radius 2 is 2.26 bits per heavy atom. The highest BCUT2D eigenvalue weighted by molar-refractivity contribution is 8.00. The van der Waals surface area contributed by atoms with Gasteiger partial charge in [0, 0.05) is 12.2 Å². The van der Waals surface area contributed by atoms with Crippen LogP contribution in [0.25, 0.3) is 0 Å². The van der Waals surface area contributed by atoms with Crippen molar-refractivity contribution in [2.75, 3.05) is 5.75 Å². The smallest absolute Gasteiger partial charge is 0.338 e. The molecule has 2 aliphatic carbocycles. The highest BCUT2D eigenvalue weighted by Gasteiger charge is 2.42. The van der Waals surface area contributed by atoms with Gasteiger partial charge in [0.15, 0.2) is 0 Å². The molecule has 0 aromatic carbocycles. The fourth-order valence-electron chi connectivity index (χ4n) is 4.11. The van der Waals surface area contributed by atoms with Crippen molar-refractivity contribution in [3.8, 4) is 0 Å². The van der Waals surface area contributed by atoms with Gasteiger partial charge in [-0.05, 0) is 56.1 Å². The molecule has 0 spiro atoms. The molecule has 5 nitrogen and oxygen atoms in total. The number of hydrogen-bond donors (Lipinski definition) is 2. The molecular formula is C17H22N2O3S. The summed E-state index contributed by atoms with van der Waals surface area (Å²) in [4.78, 5) is 27.4. The van der Waals surface area contributed by atoms with E-state index < -0.39 is 5.97 Å². The number of pyridine rings is 1. The summed E-state index contributed by atoms with van der Waals surface area (Å²) in [6, 6.07) is 3.29. The second-order valence-electron chi connectivity index (χ2n) is 6.64. The van der Waals surface area contributed by atoms with Gasteiger partial charge in [-0.1, -0.05) is 18.2 Å². The van der Waals surface area contributed by atoms with Gasteiger partial charge >= 0.3 is 5.97 Å². The van der Waals surface area contributed by atoms with Crippen LogP contribution in [0.4, 0.5) is 0 Å². The molecule has 0 aliphatic heterocycles. The predicted octanol–water partition coefficient (Wildman–Crippen LogP) is 2.81. The minimum absolute atomic E-state index is 0.0488. The number of amides is 1. The molecular weight excluding hydrogens is 312 g/mol. The predicted molar refractivity (Wildman–Crippen MR) is 88.5 cm³/mol. The van der Waals surface area contributed by atoms with Crippen molar-refractivity contribution in [3.63, 3.8) is 0 Å². The minimum atomic E-state index is -1.02. The van der Waals surface area contributed by atoms with Crippen LogP contribution in [-0.2, 0) is 4.79 Å². The Labute approximate surface area is 140 Å². The van der Waals surface area contributed by atoms with E-state index in [0.717, 1.165) is 11.8 Å². The molecule has 2 aliphatic rings. The van der Waals surface area contributed by atoms with Crippen LogP contribution in [-0.4, -0.2) is 33.8 Å². The zero-order valence-electron chi connectivity index (χ0n) is 13.2. The fraction of sp³-hybridized carbons (Fsp3) is 0.588. The second-order valence-corrected chi connectivity index (χ2v) is 7.61. The second kappa shape index (κ2) is 6.91. The first-order chi connectivity index (χ1) is 11.0. The summed E-state index contributed by atoms with van der Waals surface area (Å²) < 4.78 is 0. The van der Waals surface area contributed by atoms with Crippen molar-refractivity contribution in [2.24, 2.45) is 17.8 Å². The molecule has 0 radical (unpaired) electrons. The van der Waals surface area contributed by atoms with Crippen LogP contribution in [0, 0.1) is 17.8 Å². The van der Waals surface area contributed by atoms with E-state index in [9.17, 15) is 9.59 Å². The first-order valence-electron chi connectivity index (χ1n) is 8.15. The molecule has 1 heterocycles. The van der Waals surface area contributed by atoms with Crippen LogP contribution >= 0.6 is 11.8 Å². The largest absolute Gasteiger partial charge is 0.478 e. The molecule has 4 atom stereocenters. The number of thioether (sulfide) groups is 1. The molecule has 6 heteroatoms. The molecule has 1 aromatic rings. The van der Waals surface area contributed by atoms with Gasteiger partial charge in [-0.2, -0.15) is 0 Å². The number of nitrogens with one attached hydrogen (secondary N) is 1. The summed E-state index contributed by atoms with van der Waals surface area (Å²) in [5.41, 5.74) is 0.145. The van der Waals surface area contributed by atoms with Crippen LogP contribution in [0.3, 0.4) is 0 Å². The van der Waals surface area contributed by atoms with Gasteiger partial charge in [-0.3, -0.25) is 4.79 Å². The Hall–Kier alpha value is -1.56. The van der Waals surface area contributed by atoms with Crippen molar-refractivity contribution in [2.45, 2.75) is 43.7 Å². The van der Waals surface area contributed by atoms with Gasteiger partial charge in [0.05, 0.1) is 11.3 Å². The van der Waals surface area contributed by atoms with Crippen LogP contribution < -0.4 is 5.32 Å². The molecule has 2 fully saturated rings. The maximum Gasteiger partial charge on any atom is 0.338 e. The Bertz CT molecular complexity index is 607. The summed E-state index contributed by atoms with van der Waals surface area (Å²) in [5, 5.41) is 12.6. The topological polar surface area (TPSA) is 79.3 Å². The summed E-state index contributed by atoms with van der Waals surface area (Å²) in [6.07, 6.45) is 6.78. The van der Waals surface area contributed by atoms with Gasteiger partial charge in [-0.15, -0.1) is 0 Å². The molecule has 0 saturated heterocycles. The number of rotatable bonds is 6. The van der Waals surface area contributed by atoms with Gasteiger partial charge in [0.25, 0.3) is 0 Å². The SMILES string of the molecule is C[C@@H](NC(=O)CSc1ncccc1C(=O)O)[C@@H]1C[C@H]2CC[C@H]1C2. The first-order valence-corrected chi connectivity index (χ1v) is 9.13. The van der Waals surface area contributed by atoms with E-state index in [1.807, 2.05) is 0 Å². The molecule has 1 aromatic heterocycles. The third kappa shape index (κ3) is 3.68. The van der Waals surface area contributed by atoms with E-state index in [0.29, 0.717) is 10.9 Å². The number of carbonyl (C=O) groups excluding carboxylic acids is 1. The molecule has 2 saturated carbocycles. The lowest BCUT2D eigenvalue weighted by atomic mass is 9.84. The Balaban J connectivity index is 1.51. The van der Waals surface area contributed by atoms with Gasteiger partial charge in [0.1, 0.15) is 5.03 Å². The number of carboxylic acids is 1. The molecule has 23 heavy (non-hydrogen) atoms. The summed E-state index contributed by atoms with van der Waals surface area (Å²) >= 11 is 1.18. The fourth-order valence-corrected chi connectivity index (χ4v) is 4.91. The van der Waals surface area contributed by atoms with Gasteiger partial charge < -0.3 is 10.4 Å². The van der Waals surface area contributed by atoms with E-state index >= 15 is 0 Å². The highest BCUT2D eigenvalue weighted by Crippen LogP contribution is 2.49. The quantitative estimate of drug-likeness (QED) is 0.782. The molecule has 2 bridgehead atoms. The lowest BCUT2D eigenvalue weighted by Gasteiger charge is -2.28. The standard InChI is InChI=1S/C17H22N2O3S/c1-10(14-8-11-4-5-12(14)7-11)19-15(20)9-23-16-13(17(21)22)3-2-6-18-16/h2-3,6,10-12,14H,4-5,7-9H2,1H3,(H,19,20)(H,21,22)/t10-,11+,12+,14+/m1/s1. The molecule has 124 valence electrons. The van der Waals surface area contributed by atoms with Crippen LogP contribution in [0.2, 0.25) is 0 Å². The van der Waals surface area contributed by atoms with Crippen LogP contribution in [0.15, 0.2) is 23.4 Å². The number of aromatic nitrogens is 1. The molecule has 1 amide bonds. The lowest BCUT2D eigenvalue weighted by Crippen LogP contribution is -2.40. The number of nitrogens with zero attached hydrogens (tertiary/aromatic N) is 1. The number of carbonyl (C=O) groups is 2. The number of hydrogen-bond acceptors (Lipinski definition) is 4. The van der Waals surface area contributed by atoms with Crippen LogP contribution in [0.5, 0.6) is 0 Å². The van der Waals surface area contributed by atoms with Gasteiger partial charge in [0.2, 0.25) is 5.91 Å². The van der Waals surface area contributed by atoms with E-state index in [1.165, 1.54) is 43.5 Å². The van der Waals surface area contributed by atoms with Crippen LogP contribution in [0.1, 0.15) is 43.0 Å². The zero-order chi connectivity index (χ0) is 16.4. The van der Waals surface area contributed by atoms with Crippen molar-refractivity contribution in [3.05, 3.63) is 23.9 Å². The third-order valence-corrected chi connectivity index (χ3v) is 6.17. The Morgan fingerprint density at radius 1 is 1.43 bits per heavy atom. The van der Waals surface area contributed by atoms with Crippen molar-refractivity contribution >= 4 is 23.6 Å². The summed E-state index contributed by atoms with van der Waals surface area (Å²) in [7, 11) is 0. The molecule has 0 unspecified atom stereocenters. The number of aromatic carboxylic acids is 1. The van der Waals surface area contributed by atoms with Crippen molar-refractivity contribution in [1.82, 2.24) is 10.3 Å². The molecule has 3 rings (SSSR count). The first kappa shape index (κ1) is 16.3. The van der Waals surface area contributed by atoms with E-state index in [2.05, 4.69) is 17.2 Å². The Kier molecular flexibility index (Phi) is 4.90. The Morgan fingerprint density at radius 3 is 2.91 bits per heavy atom. The highest BCUT2D eigenvalue weighted by atomic mass is 32.2. The monoisotopic (exact) mass is 334 g/mol. The van der Waals surface area contributed by atoms with E-state index in [4.69, 9.17) is 5.11 Å². The summed E-state index contributed by atoms with van der Waals surface area (Å²) in [5.74, 6) is 1.38. The number of fused-ring (bicyclic) bond motifs is 2. The third-order valence-electron chi connectivity index (χ3n) is 5.17. The van der Waals surface area contributed by atoms with Crippen molar-refractivity contribution in [1.29, 1.82) is 0 Å². The average Bonchev–Trinajstić information content (AvgIpc) is 3.16. The van der Waals surface area contributed by atoms with Crippen molar-refractivity contribution < 1.29 is 14.7 Å². The average molecular weight is 334 g/mol. The summed E-state index contributed by atoms with van der Waals surface area (Å²) in [6.45, 7) is 2.09. The number of carboxylic acid groups (broad SMARTS) is 1. The maximum atomic E-state index is 12.2.